The van der Waals surface area contributed by atoms with Crippen molar-refractivity contribution in [2.45, 2.75) is 12.8 Å². The maximum Gasteiger partial charge on any atom is 0.488 e. The molecular weight excluding hydrogens is 189 g/mol. The molecule has 0 aromatic heterocycles. The van der Waals surface area contributed by atoms with Crippen LogP contribution in [-0.4, -0.2) is 23.7 Å². The minimum Gasteiger partial charge on any atom is -0.423 e. The quantitative estimate of drug-likeness (QED) is 0.612. The lowest BCUT2D eigenvalue weighted by atomic mass is 9.76. The molecule has 0 spiro atoms. The summed E-state index contributed by atoms with van der Waals surface area (Å²) in [7, 11) is -1.37. The molecule has 3 nitrogen and oxygen atoms in total. The first-order valence-corrected chi connectivity index (χ1v) is 5.11. The number of nitrogens with two attached hydrogens (primary N) is 1. The van der Waals surface area contributed by atoms with E-state index in [2.05, 4.69) is 6.07 Å². The Balaban J connectivity index is 2.29. The van der Waals surface area contributed by atoms with E-state index in [1.54, 1.807) is 0 Å². The van der Waals surface area contributed by atoms with E-state index in [0.29, 0.717) is 12.0 Å². The summed E-state index contributed by atoms with van der Waals surface area (Å²) in [5.41, 5.74) is 9.42. The van der Waals surface area contributed by atoms with Crippen molar-refractivity contribution in [3.05, 3.63) is 41.0 Å². The van der Waals surface area contributed by atoms with Crippen molar-refractivity contribution in [3.63, 3.8) is 0 Å². The van der Waals surface area contributed by atoms with E-state index in [4.69, 9.17) is 15.8 Å². The molecule has 0 unspecified atom stereocenters. The van der Waals surface area contributed by atoms with E-state index in [1.165, 1.54) is 5.56 Å². The van der Waals surface area contributed by atoms with Crippen LogP contribution in [0.15, 0.2) is 24.3 Å². The Kier molecular flexibility index (Phi) is 2.91. The van der Waals surface area contributed by atoms with E-state index in [0.717, 1.165) is 24.0 Å². The molecule has 2 rings (SSSR count). The third kappa shape index (κ3) is 1.97. The number of rotatable bonds is 3. The summed E-state index contributed by atoms with van der Waals surface area (Å²) in [6.07, 6.45) is 3.51. The van der Waals surface area contributed by atoms with Gasteiger partial charge in [0.25, 0.3) is 0 Å². The molecule has 1 aromatic rings. The van der Waals surface area contributed by atoms with Crippen molar-refractivity contribution in [2.24, 2.45) is 5.73 Å². The van der Waals surface area contributed by atoms with Crippen molar-refractivity contribution >= 4 is 12.6 Å². The predicted molar refractivity (Wildman–Crippen MR) is 61.1 cm³/mol. The Morgan fingerprint density at radius 1 is 1.33 bits per heavy atom. The van der Waals surface area contributed by atoms with Gasteiger partial charge in [-0.25, -0.2) is 0 Å². The number of benzene rings is 1. The highest BCUT2D eigenvalue weighted by Crippen LogP contribution is 2.28. The van der Waals surface area contributed by atoms with Gasteiger partial charge < -0.3 is 15.8 Å². The molecule has 0 atom stereocenters. The standard InChI is InChI=1S/C11H14BNO2/c13-6-5-8-1-3-10-9(7-8)2-4-11(10)12(14)15/h1,3-4,7,14-15H,2,5-6,13H2. The average Bonchev–Trinajstić information content (AvgIpc) is 2.61. The summed E-state index contributed by atoms with van der Waals surface area (Å²) in [6, 6.07) is 6.03. The highest BCUT2D eigenvalue weighted by atomic mass is 16.4. The Morgan fingerprint density at radius 3 is 2.80 bits per heavy atom. The molecule has 1 aromatic carbocycles. The summed E-state index contributed by atoms with van der Waals surface area (Å²) in [6.45, 7) is 0.641. The highest BCUT2D eigenvalue weighted by molar-refractivity contribution is 6.66. The highest BCUT2D eigenvalue weighted by Gasteiger charge is 2.23. The summed E-state index contributed by atoms with van der Waals surface area (Å²) in [4.78, 5) is 0. The van der Waals surface area contributed by atoms with Gasteiger partial charge in [-0.3, -0.25) is 0 Å². The second-order valence-electron chi connectivity index (χ2n) is 3.77. The molecule has 78 valence electrons. The Bertz CT molecular complexity index is 402. The van der Waals surface area contributed by atoms with E-state index in [-0.39, 0.29) is 0 Å². The molecule has 1 aliphatic carbocycles. The lowest BCUT2D eigenvalue weighted by Crippen LogP contribution is -2.13. The fraction of sp³-hybridized carbons (Fsp3) is 0.273. The van der Waals surface area contributed by atoms with Crippen molar-refractivity contribution in [3.8, 4) is 0 Å². The largest absolute Gasteiger partial charge is 0.488 e. The monoisotopic (exact) mass is 203 g/mol. The second kappa shape index (κ2) is 4.19. The van der Waals surface area contributed by atoms with Crippen LogP contribution in [0.5, 0.6) is 0 Å². The molecule has 0 saturated carbocycles. The summed E-state index contributed by atoms with van der Waals surface area (Å²) < 4.78 is 0. The zero-order valence-corrected chi connectivity index (χ0v) is 8.48. The van der Waals surface area contributed by atoms with Crippen LogP contribution in [0, 0.1) is 0 Å². The number of allylic oxidation sites excluding steroid dienone is 1. The van der Waals surface area contributed by atoms with Gasteiger partial charge in [-0.2, -0.15) is 0 Å². The van der Waals surface area contributed by atoms with Crippen LogP contribution in [0.1, 0.15) is 16.7 Å². The molecule has 0 radical (unpaired) electrons. The molecule has 0 bridgehead atoms. The van der Waals surface area contributed by atoms with Crippen LogP contribution in [0.25, 0.3) is 5.47 Å². The minimum absolute atomic E-state index is 0.615. The second-order valence-corrected chi connectivity index (χ2v) is 3.77. The van der Waals surface area contributed by atoms with Crippen LogP contribution >= 0.6 is 0 Å². The van der Waals surface area contributed by atoms with Gasteiger partial charge in [-0.1, -0.05) is 24.3 Å². The van der Waals surface area contributed by atoms with Gasteiger partial charge in [0, 0.05) is 0 Å². The predicted octanol–water partition coefficient (Wildman–Crippen LogP) is 0.139. The molecule has 0 heterocycles. The van der Waals surface area contributed by atoms with E-state index >= 15 is 0 Å². The lowest BCUT2D eigenvalue weighted by molar-refractivity contribution is 0.427. The smallest absolute Gasteiger partial charge is 0.423 e. The third-order valence-corrected chi connectivity index (χ3v) is 2.73. The van der Waals surface area contributed by atoms with E-state index in [1.807, 2.05) is 18.2 Å². The normalized spacial score (nSPS) is 13.7. The van der Waals surface area contributed by atoms with E-state index in [9.17, 15) is 0 Å². The summed E-state index contributed by atoms with van der Waals surface area (Å²) in [5, 5.41) is 18.3. The average molecular weight is 203 g/mol. The zero-order valence-electron chi connectivity index (χ0n) is 8.48. The Labute approximate surface area is 89.4 Å². The third-order valence-electron chi connectivity index (χ3n) is 2.73. The van der Waals surface area contributed by atoms with Gasteiger partial charge in [-0.15, -0.1) is 0 Å². The molecule has 0 fully saturated rings. The van der Waals surface area contributed by atoms with Crippen LogP contribution in [0.3, 0.4) is 0 Å². The summed E-state index contributed by atoms with van der Waals surface area (Å²) in [5.74, 6) is 0. The van der Waals surface area contributed by atoms with Crippen LogP contribution in [0.4, 0.5) is 0 Å². The fourth-order valence-corrected chi connectivity index (χ4v) is 1.99. The maximum absolute atomic E-state index is 9.14. The first kappa shape index (κ1) is 10.4. The van der Waals surface area contributed by atoms with Gasteiger partial charge in [-0.05, 0) is 41.5 Å². The molecule has 4 heteroatoms. The molecule has 0 amide bonds. The molecule has 15 heavy (non-hydrogen) atoms. The summed E-state index contributed by atoms with van der Waals surface area (Å²) >= 11 is 0. The molecular formula is C11H14BNO2. The van der Waals surface area contributed by atoms with Crippen LogP contribution < -0.4 is 5.73 Å². The minimum atomic E-state index is -1.37. The lowest BCUT2D eigenvalue weighted by Gasteiger charge is -2.06. The number of fused-ring (bicyclic) bond motifs is 1. The number of hydrogen-bond donors (Lipinski definition) is 3. The van der Waals surface area contributed by atoms with Crippen LogP contribution in [-0.2, 0) is 12.8 Å². The van der Waals surface area contributed by atoms with Crippen molar-refractivity contribution in [1.29, 1.82) is 0 Å². The Morgan fingerprint density at radius 2 is 2.13 bits per heavy atom. The Hall–Kier alpha value is -1.10. The molecule has 0 aliphatic heterocycles. The van der Waals surface area contributed by atoms with Crippen molar-refractivity contribution in [1.82, 2.24) is 0 Å². The topological polar surface area (TPSA) is 66.5 Å². The fourth-order valence-electron chi connectivity index (χ4n) is 1.99. The van der Waals surface area contributed by atoms with E-state index < -0.39 is 7.12 Å². The van der Waals surface area contributed by atoms with Crippen LogP contribution in [0.2, 0.25) is 0 Å². The SMILES string of the molecule is NCCc1ccc2c(c1)CC=C2B(O)O. The van der Waals surface area contributed by atoms with Crippen molar-refractivity contribution in [2.75, 3.05) is 6.54 Å². The zero-order chi connectivity index (χ0) is 10.8. The molecule has 0 saturated heterocycles. The molecule has 1 aliphatic rings. The van der Waals surface area contributed by atoms with Gasteiger partial charge in [0.2, 0.25) is 0 Å². The first-order chi connectivity index (χ1) is 7.22. The van der Waals surface area contributed by atoms with Gasteiger partial charge in [0.05, 0.1) is 0 Å². The van der Waals surface area contributed by atoms with Crippen molar-refractivity contribution < 1.29 is 10.0 Å². The number of hydrogen-bond acceptors (Lipinski definition) is 3. The first-order valence-electron chi connectivity index (χ1n) is 5.11. The van der Waals surface area contributed by atoms with Gasteiger partial charge >= 0.3 is 7.12 Å². The van der Waals surface area contributed by atoms with Gasteiger partial charge in [0.1, 0.15) is 0 Å². The van der Waals surface area contributed by atoms with Gasteiger partial charge in [0.15, 0.2) is 0 Å². The maximum atomic E-state index is 9.14. The molecule has 4 N–H and O–H groups in total.